The lowest BCUT2D eigenvalue weighted by Crippen LogP contribution is -2.37. The van der Waals surface area contributed by atoms with Gasteiger partial charge in [-0.25, -0.2) is 0 Å². The third-order valence-electron chi connectivity index (χ3n) is 2.38. The molecule has 1 fully saturated rings. The van der Waals surface area contributed by atoms with Gasteiger partial charge in [-0.1, -0.05) is 0 Å². The molecule has 0 heterocycles. The highest BCUT2D eigenvalue weighted by atomic mass is 32.2. The van der Waals surface area contributed by atoms with Crippen LogP contribution in [0.3, 0.4) is 0 Å². The van der Waals surface area contributed by atoms with Gasteiger partial charge in [-0.15, -0.1) is 0 Å². The molecule has 2 unspecified atom stereocenters. The lowest BCUT2D eigenvalue weighted by molar-refractivity contribution is -0.128. The van der Waals surface area contributed by atoms with Crippen LogP contribution in [0.25, 0.3) is 0 Å². The van der Waals surface area contributed by atoms with Gasteiger partial charge < -0.3 is 10.6 Å². The highest BCUT2D eigenvalue weighted by Crippen LogP contribution is 2.26. The van der Waals surface area contributed by atoms with Crippen molar-refractivity contribution in [2.24, 2.45) is 5.73 Å². The Morgan fingerprint density at radius 3 is 2.60 bits per heavy atom. The van der Waals surface area contributed by atoms with Crippen molar-refractivity contribution in [2.75, 3.05) is 18.1 Å². The zero-order valence-electron chi connectivity index (χ0n) is 9.44. The largest absolute Gasteiger partial charge is 0.339 e. The number of nitrogens with two attached hydrogens (primary N) is 1. The summed E-state index contributed by atoms with van der Waals surface area (Å²) in [6, 6.07) is 0.310. The van der Waals surface area contributed by atoms with E-state index < -0.39 is 10.8 Å². The average Bonchev–Trinajstić information content (AvgIpc) is 2.87. The fraction of sp³-hybridized carbons (Fsp3) is 0.900. The van der Waals surface area contributed by atoms with Crippen molar-refractivity contribution >= 4 is 16.7 Å². The van der Waals surface area contributed by atoms with Gasteiger partial charge in [-0.3, -0.25) is 9.00 Å². The maximum absolute atomic E-state index is 11.7. The van der Waals surface area contributed by atoms with Gasteiger partial charge in [-0.05, 0) is 26.7 Å². The number of hydrogen-bond donors (Lipinski definition) is 1. The van der Waals surface area contributed by atoms with Crippen molar-refractivity contribution < 1.29 is 9.00 Å². The molecule has 88 valence electrons. The highest BCUT2D eigenvalue weighted by molar-refractivity contribution is 7.85. The minimum atomic E-state index is -1.11. The van der Waals surface area contributed by atoms with E-state index in [1.165, 1.54) is 0 Å². The van der Waals surface area contributed by atoms with Gasteiger partial charge in [0.1, 0.15) is 5.75 Å². The molecule has 0 aliphatic heterocycles. The van der Waals surface area contributed by atoms with Crippen LogP contribution in [0, 0.1) is 0 Å². The second kappa shape index (κ2) is 5.61. The SMILES string of the molecule is CCN(C(=O)CS(=O)CC(C)N)C1CC1. The zero-order chi connectivity index (χ0) is 11.4. The van der Waals surface area contributed by atoms with Crippen molar-refractivity contribution in [3.63, 3.8) is 0 Å². The van der Waals surface area contributed by atoms with Gasteiger partial charge in [0.15, 0.2) is 0 Å². The molecule has 15 heavy (non-hydrogen) atoms. The molecule has 1 aliphatic carbocycles. The van der Waals surface area contributed by atoms with Crippen molar-refractivity contribution in [3.8, 4) is 0 Å². The third-order valence-corrected chi connectivity index (χ3v) is 3.85. The molecule has 0 radical (unpaired) electrons. The summed E-state index contributed by atoms with van der Waals surface area (Å²) >= 11 is 0. The van der Waals surface area contributed by atoms with Crippen LogP contribution in [-0.4, -0.2) is 45.2 Å². The number of carbonyl (C=O) groups is 1. The van der Waals surface area contributed by atoms with E-state index in [2.05, 4.69) is 0 Å². The maximum atomic E-state index is 11.7. The minimum Gasteiger partial charge on any atom is -0.339 e. The summed E-state index contributed by atoms with van der Waals surface area (Å²) in [7, 11) is -1.11. The van der Waals surface area contributed by atoms with Gasteiger partial charge in [0.2, 0.25) is 5.91 Å². The number of nitrogens with zero attached hydrogens (tertiary/aromatic N) is 1. The van der Waals surface area contributed by atoms with Gasteiger partial charge >= 0.3 is 0 Å². The van der Waals surface area contributed by atoms with Crippen LogP contribution < -0.4 is 5.73 Å². The van der Waals surface area contributed by atoms with Crippen molar-refractivity contribution in [1.82, 2.24) is 4.90 Å². The van der Waals surface area contributed by atoms with Crippen LogP contribution in [0.15, 0.2) is 0 Å². The minimum absolute atomic E-state index is 0.0129. The van der Waals surface area contributed by atoms with E-state index in [4.69, 9.17) is 5.73 Å². The van der Waals surface area contributed by atoms with E-state index in [1.54, 1.807) is 6.92 Å². The molecular weight excluding hydrogens is 212 g/mol. The Hall–Kier alpha value is -0.420. The second-order valence-corrected chi connectivity index (χ2v) is 5.64. The monoisotopic (exact) mass is 232 g/mol. The Morgan fingerprint density at radius 2 is 2.20 bits per heavy atom. The Balaban J connectivity index is 2.36. The maximum Gasteiger partial charge on any atom is 0.235 e. The van der Waals surface area contributed by atoms with Gasteiger partial charge in [-0.2, -0.15) is 0 Å². The smallest absolute Gasteiger partial charge is 0.235 e. The number of rotatable bonds is 6. The molecule has 1 amide bonds. The molecule has 2 atom stereocenters. The van der Waals surface area contributed by atoms with Gasteiger partial charge in [0, 0.05) is 35.2 Å². The van der Waals surface area contributed by atoms with Gasteiger partial charge in [0.25, 0.3) is 0 Å². The van der Waals surface area contributed by atoms with Crippen LogP contribution in [0.4, 0.5) is 0 Å². The molecule has 0 spiro atoms. The van der Waals surface area contributed by atoms with Crippen LogP contribution in [-0.2, 0) is 15.6 Å². The van der Waals surface area contributed by atoms with E-state index in [1.807, 2.05) is 11.8 Å². The van der Waals surface area contributed by atoms with Crippen LogP contribution in [0.1, 0.15) is 26.7 Å². The van der Waals surface area contributed by atoms with Crippen molar-refractivity contribution in [1.29, 1.82) is 0 Å². The normalized spacial score (nSPS) is 19.7. The zero-order valence-corrected chi connectivity index (χ0v) is 10.3. The van der Waals surface area contributed by atoms with E-state index in [0.717, 1.165) is 19.4 Å². The number of hydrogen-bond acceptors (Lipinski definition) is 3. The predicted molar refractivity (Wildman–Crippen MR) is 61.9 cm³/mol. The predicted octanol–water partition coefficient (Wildman–Crippen LogP) is 0.0932. The second-order valence-electron chi connectivity index (χ2n) is 4.14. The van der Waals surface area contributed by atoms with E-state index in [-0.39, 0.29) is 17.7 Å². The first kappa shape index (κ1) is 12.6. The Kier molecular flexibility index (Phi) is 4.73. The van der Waals surface area contributed by atoms with E-state index >= 15 is 0 Å². The summed E-state index contributed by atoms with van der Waals surface area (Å²) in [4.78, 5) is 13.6. The first-order chi connectivity index (χ1) is 7.04. The summed E-state index contributed by atoms with van der Waals surface area (Å²) in [6.45, 7) is 4.49. The average molecular weight is 232 g/mol. The topological polar surface area (TPSA) is 63.4 Å². The fourth-order valence-corrected chi connectivity index (χ4v) is 2.74. The Bertz CT molecular complexity index is 252. The van der Waals surface area contributed by atoms with Gasteiger partial charge in [0.05, 0.1) is 0 Å². The fourth-order valence-electron chi connectivity index (χ4n) is 1.60. The quantitative estimate of drug-likeness (QED) is 0.706. The van der Waals surface area contributed by atoms with E-state index in [9.17, 15) is 9.00 Å². The Labute approximate surface area is 93.7 Å². The molecule has 0 saturated heterocycles. The lowest BCUT2D eigenvalue weighted by atomic mass is 10.4. The summed E-state index contributed by atoms with van der Waals surface area (Å²) in [6.07, 6.45) is 2.19. The van der Waals surface area contributed by atoms with Crippen LogP contribution >= 0.6 is 0 Å². The molecule has 1 aliphatic rings. The molecule has 2 N–H and O–H groups in total. The van der Waals surface area contributed by atoms with Crippen molar-refractivity contribution in [2.45, 2.75) is 38.8 Å². The van der Waals surface area contributed by atoms with Crippen LogP contribution in [0.2, 0.25) is 0 Å². The highest BCUT2D eigenvalue weighted by Gasteiger charge is 2.31. The molecule has 1 rings (SSSR count). The Morgan fingerprint density at radius 1 is 1.60 bits per heavy atom. The van der Waals surface area contributed by atoms with Crippen molar-refractivity contribution in [3.05, 3.63) is 0 Å². The molecular formula is C10H20N2O2S. The summed E-state index contributed by atoms with van der Waals surface area (Å²) in [5, 5.41) is 0. The summed E-state index contributed by atoms with van der Waals surface area (Å²) in [5.74, 6) is 0.554. The lowest BCUT2D eigenvalue weighted by Gasteiger charge is -2.20. The number of carbonyl (C=O) groups excluding carboxylic acids is 1. The molecule has 0 aromatic carbocycles. The summed E-state index contributed by atoms with van der Waals surface area (Å²) in [5.41, 5.74) is 5.53. The van der Waals surface area contributed by atoms with E-state index in [0.29, 0.717) is 11.8 Å². The molecule has 0 aromatic heterocycles. The first-order valence-electron chi connectivity index (χ1n) is 5.44. The molecule has 0 aromatic rings. The standard InChI is InChI=1S/C10H20N2O2S/c1-3-12(9-4-5-9)10(13)7-15(14)6-8(2)11/h8-9H,3-7,11H2,1-2H3. The summed E-state index contributed by atoms with van der Waals surface area (Å²) < 4.78 is 11.5. The molecule has 4 nitrogen and oxygen atoms in total. The van der Waals surface area contributed by atoms with Crippen LogP contribution in [0.5, 0.6) is 0 Å². The molecule has 5 heteroatoms. The first-order valence-corrected chi connectivity index (χ1v) is 6.93. The number of amides is 1. The third kappa shape index (κ3) is 4.30. The molecule has 0 bridgehead atoms. The molecule has 1 saturated carbocycles.